The van der Waals surface area contributed by atoms with Crippen LogP contribution in [0.5, 0.6) is 0 Å². The first-order valence-electron chi connectivity index (χ1n) is 18.9. The molecule has 15 heteroatoms. The van der Waals surface area contributed by atoms with E-state index in [2.05, 4.69) is 16.0 Å². The number of hydrogen-bond acceptors (Lipinski definition) is 7. The predicted molar refractivity (Wildman–Crippen MR) is 193 cm³/mol. The minimum atomic E-state index is -1.40. The Balaban J connectivity index is 1.22. The summed E-state index contributed by atoms with van der Waals surface area (Å²) in [6.45, 7) is 4.93. The fourth-order valence-electron chi connectivity index (χ4n) is 7.57. The monoisotopic (exact) mass is 767 g/mol. The molecule has 0 spiro atoms. The summed E-state index contributed by atoms with van der Waals surface area (Å²) in [5, 5.41) is 8.30. The van der Waals surface area contributed by atoms with Gasteiger partial charge < -0.3 is 30.3 Å². The second kappa shape index (κ2) is 16.3. The number of nitrogens with zero attached hydrogens (tertiary/aromatic N) is 2. The van der Waals surface area contributed by atoms with Crippen molar-refractivity contribution in [2.24, 2.45) is 5.92 Å². The van der Waals surface area contributed by atoms with Gasteiger partial charge in [-0.15, -0.1) is 0 Å². The molecule has 55 heavy (non-hydrogen) atoms. The first kappa shape index (κ1) is 39.6. The number of fused-ring (bicyclic) bond motifs is 3. The summed E-state index contributed by atoms with van der Waals surface area (Å²) in [7, 11) is 0. The van der Waals surface area contributed by atoms with Crippen LogP contribution >= 0.6 is 0 Å². The highest BCUT2D eigenvalue weighted by Gasteiger charge is 2.61. The van der Waals surface area contributed by atoms with Gasteiger partial charge in [0.25, 0.3) is 0 Å². The minimum Gasteiger partial charge on any atom is -0.444 e. The fraction of sp³-hybridized carbons (Fsp3) is 0.525. The maximum absolute atomic E-state index is 14.4. The average Bonchev–Trinajstić information content (AvgIpc) is 3.41. The number of amides is 5. The van der Waals surface area contributed by atoms with Gasteiger partial charge in [0.1, 0.15) is 46.8 Å². The summed E-state index contributed by atoms with van der Waals surface area (Å²) >= 11 is 0. The van der Waals surface area contributed by atoms with Gasteiger partial charge in [-0.3, -0.25) is 19.3 Å². The minimum absolute atomic E-state index is 0.00189. The van der Waals surface area contributed by atoms with Crippen molar-refractivity contribution >= 4 is 29.9 Å². The van der Waals surface area contributed by atoms with Crippen molar-refractivity contribution in [1.29, 1.82) is 0 Å². The summed E-state index contributed by atoms with van der Waals surface area (Å²) in [5.74, 6) is -4.07. The molecular weight excluding hydrogens is 719 g/mol. The lowest BCUT2D eigenvalue weighted by atomic mass is 10.0. The molecule has 5 amide bonds. The smallest absolute Gasteiger partial charge is 0.410 e. The third-order valence-corrected chi connectivity index (χ3v) is 10.5. The third-order valence-electron chi connectivity index (χ3n) is 10.5. The van der Waals surface area contributed by atoms with Crippen LogP contribution in [0.3, 0.4) is 0 Å². The molecule has 3 heterocycles. The number of carbonyl (C=O) groups is 5. The summed E-state index contributed by atoms with van der Waals surface area (Å²) in [4.78, 5) is 71.3. The molecule has 12 nitrogen and oxygen atoms in total. The Morgan fingerprint density at radius 2 is 1.71 bits per heavy atom. The highest BCUT2D eigenvalue weighted by molar-refractivity contribution is 5.98. The number of alkyl carbamates (subject to hydrolysis) is 1. The van der Waals surface area contributed by atoms with Crippen LogP contribution in [0.4, 0.5) is 22.8 Å². The maximum atomic E-state index is 14.4. The largest absolute Gasteiger partial charge is 0.444 e. The quantitative estimate of drug-likeness (QED) is 0.344. The van der Waals surface area contributed by atoms with Crippen molar-refractivity contribution in [3.63, 3.8) is 0 Å². The number of carbonyl (C=O) groups excluding carboxylic acids is 5. The highest BCUT2D eigenvalue weighted by Crippen LogP contribution is 2.45. The zero-order valence-electron chi connectivity index (χ0n) is 31.3. The second-order valence-electron chi connectivity index (χ2n) is 15.7. The molecule has 3 aliphatic heterocycles. The molecule has 0 aromatic heterocycles. The number of hydrogen-bond donors (Lipinski definition) is 3. The van der Waals surface area contributed by atoms with E-state index in [1.165, 1.54) is 21.9 Å². The first-order chi connectivity index (χ1) is 26.1. The van der Waals surface area contributed by atoms with Crippen molar-refractivity contribution < 1.29 is 46.6 Å². The van der Waals surface area contributed by atoms with Gasteiger partial charge in [-0.05, 0) is 76.6 Å². The lowest BCUT2D eigenvalue weighted by Gasteiger charge is -2.30. The van der Waals surface area contributed by atoms with Crippen LogP contribution < -0.4 is 16.0 Å². The van der Waals surface area contributed by atoms with Gasteiger partial charge >= 0.3 is 12.2 Å². The lowest BCUT2D eigenvalue weighted by Crippen LogP contribution is -2.58. The van der Waals surface area contributed by atoms with E-state index in [1.54, 1.807) is 32.9 Å². The number of rotatable bonds is 6. The number of benzene rings is 2. The molecule has 3 N–H and O–H groups in total. The molecule has 2 fully saturated rings. The Hall–Kier alpha value is -5.08. The Bertz CT molecular complexity index is 1830. The van der Waals surface area contributed by atoms with Gasteiger partial charge in [-0.25, -0.2) is 22.8 Å². The third kappa shape index (κ3) is 9.25. The molecule has 1 aliphatic carbocycles. The molecule has 3 unspecified atom stereocenters. The SMILES string of the molecule is CC(C)(C)OC(=O)NC1CCCCC/C=C\C2CC2(C(=O)NCCc2c(F)cccc2F)NC(=O)[C@@H]2C[C@@H](OC(=O)N3Cc4cccc(F)c4C3)CN2C1=O. The Morgan fingerprint density at radius 3 is 2.44 bits per heavy atom. The van der Waals surface area contributed by atoms with Crippen molar-refractivity contribution in [3.05, 3.63) is 82.7 Å². The van der Waals surface area contributed by atoms with Gasteiger partial charge in [0.05, 0.1) is 13.1 Å². The van der Waals surface area contributed by atoms with Crippen LogP contribution in [-0.4, -0.2) is 82.1 Å². The van der Waals surface area contributed by atoms with Crippen molar-refractivity contribution in [1.82, 2.24) is 25.8 Å². The van der Waals surface area contributed by atoms with E-state index in [9.17, 15) is 37.1 Å². The molecule has 0 radical (unpaired) electrons. The van der Waals surface area contributed by atoms with Gasteiger partial charge in [0, 0.05) is 36.6 Å². The van der Waals surface area contributed by atoms with Crippen LogP contribution in [-0.2, 0) is 43.4 Å². The standard InChI is InChI=1S/C40H48F3N5O7/c1-39(2,3)55-37(52)45-32-16-8-6-4-5-7-12-25-20-40(25,36(51)44-18-17-27-29(41)14-10-15-30(27)42)46-34(49)33-19-26(22-48(33)35(32)50)54-38(53)47-21-24-11-9-13-31(43)28(24)23-47/h7,9-15,25-26,32-33H,4-6,8,16-23H2,1-3H3,(H,44,51)(H,45,52)(H,46,49)/b12-7-/t25?,26-,32?,33+,40?/m1/s1. The summed E-state index contributed by atoms with van der Waals surface area (Å²) in [6, 6.07) is 5.86. The van der Waals surface area contributed by atoms with Gasteiger partial charge in [0.15, 0.2) is 0 Å². The van der Waals surface area contributed by atoms with E-state index < -0.39 is 76.7 Å². The molecular formula is C40H48F3N5O7. The Morgan fingerprint density at radius 1 is 0.982 bits per heavy atom. The molecule has 2 aromatic carbocycles. The maximum Gasteiger partial charge on any atom is 0.410 e. The molecule has 2 aromatic rings. The fourth-order valence-corrected chi connectivity index (χ4v) is 7.57. The Kier molecular flexibility index (Phi) is 11.8. The highest BCUT2D eigenvalue weighted by atomic mass is 19.1. The predicted octanol–water partition coefficient (Wildman–Crippen LogP) is 5.17. The van der Waals surface area contributed by atoms with Gasteiger partial charge in [-0.2, -0.15) is 0 Å². The topological polar surface area (TPSA) is 146 Å². The average molecular weight is 768 g/mol. The molecule has 6 rings (SSSR count). The molecule has 4 aliphatic rings. The molecule has 296 valence electrons. The van der Waals surface area contributed by atoms with E-state index in [-0.39, 0.29) is 63.3 Å². The summed E-state index contributed by atoms with van der Waals surface area (Å²) in [6.07, 6.45) is 4.37. The molecule has 5 atom stereocenters. The second-order valence-corrected chi connectivity index (χ2v) is 15.7. The lowest BCUT2D eigenvalue weighted by molar-refractivity contribution is -0.141. The zero-order chi connectivity index (χ0) is 39.5. The van der Waals surface area contributed by atoms with Gasteiger partial charge in [0.2, 0.25) is 17.7 Å². The van der Waals surface area contributed by atoms with Crippen LogP contribution in [0, 0.1) is 23.4 Å². The van der Waals surface area contributed by atoms with Crippen LogP contribution in [0.15, 0.2) is 48.6 Å². The summed E-state index contributed by atoms with van der Waals surface area (Å²) in [5.41, 5.74) is -1.37. The zero-order valence-corrected chi connectivity index (χ0v) is 31.3. The van der Waals surface area contributed by atoms with E-state index >= 15 is 0 Å². The van der Waals surface area contributed by atoms with E-state index in [0.29, 0.717) is 24.0 Å². The molecule has 1 saturated heterocycles. The van der Waals surface area contributed by atoms with Crippen molar-refractivity contribution in [2.45, 2.75) is 115 Å². The molecule has 0 bridgehead atoms. The van der Waals surface area contributed by atoms with E-state index in [1.807, 2.05) is 12.2 Å². The number of nitrogens with one attached hydrogen (secondary N) is 3. The van der Waals surface area contributed by atoms with Crippen LogP contribution in [0.25, 0.3) is 0 Å². The molecule has 1 saturated carbocycles. The summed E-state index contributed by atoms with van der Waals surface area (Å²) < 4.78 is 54.3. The van der Waals surface area contributed by atoms with E-state index in [0.717, 1.165) is 25.0 Å². The normalized spacial score (nSPS) is 26.0. The first-order valence-corrected chi connectivity index (χ1v) is 18.9. The number of halogens is 3. The van der Waals surface area contributed by atoms with Crippen molar-refractivity contribution in [3.8, 4) is 0 Å². The number of ether oxygens (including phenoxy) is 2. The number of allylic oxidation sites excluding steroid dienone is 1. The van der Waals surface area contributed by atoms with E-state index in [4.69, 9.17) is 9.47 Å². The van der Waals surface area contributed by atoms with Crippen molar-refractivity contribution in [2.75, 3.05) is 13.1 Å². The van der Waals surface area contributed by atoms with Gasteiger partial charge in [-0.1, -0.05) is 43.2 Å². The van der Waals surface area contributed by atoms with Crippen LogP contribution in [0.1, 0.15) is 82.4 Å². The Labute approximate surface area is 318 Å². The van der Waals surface area contributed by atoms with Crippen LogP contribution in [0.2, 0.25) is 0 Å².